The highest BCUT2D eigenvalue weighted by Gasteiger charge is 2.19. The van der Waals surface area contributed by atoms with Crippen LogP contribution in [-0.4, -0.2) is 18.5 Å². The average molecular weight is 379 g/mol. The molecule has 1 aromatic heterocycles. The topological polar surface area (TPSA) is 94.8 Å². The van der Waals surface area contributed by atoms with Crippen molar-refractivity contribution in [2.24, 2.45) is 0 Å². The molecule has 0 fully saturated rings. The van der Waals surface area contributed by atoms with Crippen molar-refractivity contribution in [1.82, 2.24) is 0 Å². The zero-order valence-corrected chi connectivity index (χ0v) is 15.3. The zero-order chi connectivity index (χ0) is 19.8. The van der Waals surface area contributed by atoms with Gasteiger partial charge in [0.1, 0.15) is 17.9 Å². The van der Waals surface area contributed by atoms with Crippen LogP contribution in [0.4, 0.5) is 5.69 Å². The lowest BCUT2D eigenvalue weighted by Crippen LogP contribution is -2.25. The minimum absolute atomic E-state index is 0.0713. The van der Waals surface area contributed by atoms with Gasteiger partial charge < -0.3 is 19.2 Å². The molecule has 1 N–H and O–H groups in total. The SMILES string of the molecule is Cc1ccc2c(COC(=O)c3ccc4c(c3)OCC(=O)N4)cc(=O)oc2c1C. The molecule has 0 saturated heterocycles. The molecule has 7 nitrogen and oxygen atoms in total. The second-order valence-corrected chi connectivity index (χ2v) is 6.60. The summed E-state index contributed by atoms with van der Waals surface area (Å²) in [5.41, 5.74) is 3.24. The van der Waals surface area contributed by atoms with E-state index in [0.29, 0.717) is 22.6 Å². The van der Waals surface area contributed by atoms with Crippen LogP contribution >= 0.6 is 0 Å². The third-order valence-corrected chi connectivity index (χ3v) is 4.73. The number of carbonyl (C=O) groups excluding carboxylic acids is 2. The fourth-order valence-electron chi connectivity index (χ4n) is 3.07. The van der Waals surface area contributed by atoms with Gasteiger partial charge in [0.2, 0.25) is 0 Å². The van der Waals surface area contributed by atoms with Crippen LogP contribution in [0.25, 0.3) is 11.0 Å². The Morgan fingerprint density at radius 1 is 1.14 bits per heavy atom. The molecule has 142 valence electrons. The molecule has 0 aliphatic carbocycles. The number of anilines is 1. The average Bonchev–Trinajstić information content (AvgIpc) is 2.68. The molecule has 0 radical (unpaired) electrons. The fourth-order valence-corrected chi connectivity index (χ4v) is 3.07. The van der Waals surface area contributed by atoms with Crippen LogP contribution in [0.2, 0.25) is 0 Å². The summed E-state index contributed by atoms with van der Waals surface area (Å²) in [7, 11) is 0. The molecular weight excluding hydrogens is 362 g/mol. The van der Waals surface area contributed by atoms with Crippen LogP contribution < -0.4 is 15.7 Å². The number of esters is 1. The van der Waals surface area contributed by atoms with E-state index in [-0.39, 0.29) is 24.7 Å². The van der Waals surface area contributed by atoms with E-state index in [2.05, 4.69) is 5.32 Å². The van der Waals surface area contributed by atoms with Crippen molar-refractivity contribution in [3.8, 4) is 5.75 Å². The predicted octanol–water partition coefficient (Wildman–Crippen LogP) is 3.10. The van der Waals surface area contributed by atoms with Crippen molar-refractivity contribution < 1.29 is 23.5 Å². The summed E-state index contributed by atoms with van der Waals surface area (Å²) in [5.74, 6) is -0.400. The quantitative estimate of drug-likeness (QED) is 0.555. The first-order valence-corrected chi connectivity index (χ1v) is 8.69. The number of amides is 1. The van der Waals surface area contributed by atoms with Gasteiger partial charge >= 0.3 is 11.6 Å². The molecule has 7 heteroatoms. The Bertz CT molecular complexity index is 1180. The molecule has 4 rings (SSSR count). The molecule has 0 saturated carbocycles. The monoisotopic (exact) mass is 379 g/mol. The van der Waals surface area contributed by atoms with Crippen LogP contribution in [0, 0.1) is 13.8 Å². The summed E-state index contributed by atoms with van der Waals surface area (Å²) in [5, 5.41) is 3.39. The maximum Gasteiger partial charge on any atom is 0.338 e. The largest absolute Gasteiger partial charge is 0.482 e. The van der Waals surface area contributed by atoms with Crippen molar-refractivity contribution in [1.29, 1.82) is 0 Å². The predicted molar refractivity (Wildman–Crippen MR) is 102 cm³/mol. The third kappa shape index (κ3) is 3.22. The second kappa shape index (κ2) is 6.84. The normalized spacial score (nSPS) is 12.9. The molecule has 1 aliphatic heterocycles. The highest BCUT2D eigenvalue weighted by Crippen LogP contribution is 2.29. The molecular formula is C21H17NO6. The molecule has 2 heterocycles. The molecule has 28 heavy (non-hydrogen) atoms. The number of rotatable bonds is 3. The van der Waals surface area contributed by atoms with E-state index in [1.165, 1.54) is 12.1 Å². The van der Waals surface area contributed by atoms with Crippen molar-refractivity contribution in [2.75, 3.05) is 11.9 Å². The van der Waals surface area contributed by atoms with Gasteiger partial charge in [-0.15, -0.1) is 0 Å². The minimum atomic E-state index is -0.562. The Morgan fingerprint density at radius 3 is 2.79 bits per heavy atom. The maximum atomic E-state index is 12.4. The summed E-state index contributed by atoms with van der Waals surface area (Å²) in [6.07, 6.45) is 0. The van der Waals surface area contributed by atoms with E-state index in [0.717, 1.165) is 16.5 Å². The highest BCUT2D eigenvalue weighted by atomic mass is 16.5. The maximum absolute atomic E-state index is 12.4. The Morgan fingerprint density at radius 2 is 1.96 bits per heavy atom. The standard InChI is InChI=1S/C21H17NO6/c1-11-3-5-15-14(8-19(24)28-20(15)12(11)2)9-27-21(25)13-4-6-16-17(7-13)26-10-18(23)22-16/h3-8H,9-10H2,1-2H3,(H,22,23). The molecule has 0 bridgehead atoms. The lowest BCUT2D eigenvalue weighted by atomic mass is 10.0. The van der Waals surface area contributed by atoms with Crippen molar-refractivity contribution >= 4 is 28.5 Å². The number of fused-ring (bicyclic) bond motifs is 2. The number of hydrogen-bond donors (Lipinski definition) is 1. The van der Waals surface area contributed by atoms with Gasteiger partial charge in [-0.25, -0.2) is 9.59 Å². The summed E-state index contributed by atoms with van der Waals surface area (Å²) in [4.78, 5) is 35.7. The van der Waals surface area contributed by atoms with Crippen LogP contribution in [-0.2, 0) is 16.1 Å². The van der Waals surface area contributed by atoms with Crippen LogP contribution in [0.3, 0.4) is 0 Å². The van der Waals surface area contributed by atoms with Gasteiger partial charge in [0.25, 0.3) is 5.91 Å². The fraction of sp³-hybridized carbons (Fsp3) is 0.190. The summed E-state index contributed by atoms with van der Waals surface area (Å²) < 4.78 is 16.0. The zero-order valence-electron chi connectivity index (χ0n) is 15.3. The van der Waals surface area contributed by atoms with E-state index < -0.39 is 11.6 Å². The van der Waals surface area contributed by atoms with Crippen LogP contribution in [0.5, 0.6) is 5.75 Å². The van der Waals surface area contributed by atoms with Crippen molar-refractivity contribution in [2.45, 2.75) is 20.5 Å². The van der Waals surface area contributed by atoms with E-state index in [1.54, 1.807) is 12.1 Å². The lowest BCUT2D eigenvalue weighted by molar-refractivity contribution is -0.118. The van der Waals surface area contributed by atoms with E-state index in [4.69, 9.17) is 13.9 Å². The van der Waals surface area contributed by atoms with Gasteiger partial charge in [0.15, 0.2) is 6.61 Å². The third-order valence-electron chi connectivity index (χ3n) is 4.73. The van der Waals surface area contributed by atoms with Gasteiger partial charge in [-0.05, 0) is 43.2 Å². The van der Waals surface area contributed by atoms with Crippen molar-refractivity contribution in [3.63, 3.8) is 0 Å². The molecule has 1 aliphatic rings. The van der Waals surface area contributed by atoms with Crippen molar-refractivity contribution in [3.05, 3.63) is 69.1 Å². The first kappa shape index (κ1) is 17.8. The molecule has 0 spiro atoms. The molecule has 3 aromatic rings. The Hall–Kier alpha value is -3.61. The van der Waals surface area contributed by atoms with E-state index in [9.17, 15) is 14.4 Å². The van der Waals surface area contributed by atoms with Gasteiger partial charge in [0, 0.05) is 17.0 Å². The molecule has 1 amide bonds. The molecule has 0 atom stereocenters. The minimum Gasteiger partial charge on any atom is -0.482 e. The van der Waals surface area contributed by atoms with Gasteiger partial charge in [-0.1, -0.05) is 12.1 Å². The summed E-state index contributed by atoms with van der Waals surface area (Å²) >= 11 is 0. The Labute approximate surface area is 159 Å². The molecule has 2 aromatic carbocycles. The Kier molecular flexibility index (Phi) is 4.35. The van der Waals surface area contributed by atoms with Gasteiger partial charge in [-0.3, -0.25) is 4.79 Å². The lowest BCUT2D eigenvalue weighted by Gasteiger charge is -2.18. The number of ether oxygens (including phenoxy) is 2. The van der Waals surface area contributed by atoms with Crippen LogP contribution in [0.1, 0.15) is 27.0 Å². The van der Waals surface area contributed by atoms with Gasteiger partial charge in [-0.2, -0.15) is 0 Å². The first-order valence-electron chi connectivity index (χ1n) is 8.69. The number of benzene rings is 2. The highest BCUT2D eigenvalue weighted by molar-refractivity contribution is 5.97. The number of carbonyl (C=O) groups is 2. The Balaban J connectivity index is 1.58. The second-order valence-electron chi connectivity index (χ2n) is 6.60. The number of hydrogen-bond acceptors (Lipinski definition) is 6. The van der Waals surface area contributed by atoms with E-state index in [1.807, 2.05) is 26.0 Å². The smallest absolute Gasteiger partial charge is 0.338 e. The van der Waals surface area contributed by atoms with E-state index >= 15 is 0 Å². The summed E-state index contributed by atoms with van der Waals surface area (Å²) in [6, 6.07) is 9.75. The number of aryl methyl sites for hydroxylation is 2. The summed E-state index contributed by atoms with van der Waals surface area (Å²) in [6.45, 7) is 3.64. The van der Waals surface area contributed by atoms with Crippen LogP contribution in [0.15, 0.2) is 45.6 Å². The first-order chi connectivity index (χ1) is 13.4. The molecule has 0 unspecified atom stereocenters. The number of nitrogens with one attached hydrogen (secondary N) is 1. The van der Waals surface area contributed by atoms with Gasteiger partial charge in [0.05, 0.1) is 11.3 Å².